The van der Waals surface area contributed by atoms with Crippen LogP contribution in [0.2, 0.25) is 0 Å². The summed E-state index contributed by atoms with van der Waals surface area (Å²) in [6, 6.07) is 2.78. The number of rotatable bonds is 3. The Hall–Kier alpha value is -2.03. The van der Waals surface area contributed by atoms with E-state index in [1.54, 1.807) is 11.5 Å². The number of nitrogens with zero attached hydrogens (tertiary/aromatic N) is 3. The molecule has 0 amide bonds. The van der Waals surface area contributed by atoms with Crippen LogP contribution in [-0.2, 0) is 10.5 Å². The summed E-state index contributed by atoms with van der Waals surface area (Å²) in [6.07, 6.45) is -3.45. The van der Waals surface area contributed by atoms with Crippen molar-refractivity contribution in [2.45, 2.75) is 24.0 Å². The zero-order valence-electron chi connectivity index (χ0n) is 10.0. The van der Waals surface area contributed by atoms with Crippen LogP contribution in [0, 0.1) is 11.3 Å². The van der Waals surface area contributed by atoms with E-state index in [2.05, 4.69) is 4.98 Å². The molecule has 4 atom stereocenters. The van der Waals surface area contributed by atoms with E-state index in [1.165, 1.54) is 0 Å². The minimum absolute atomic E-state index is 0.161. The number of anilines is 1. The quantitative estimate of drug-likeness (QED) is 0.373. The van der Waals surface area contributed by atoms with Crippen molar-refractivity contribution in [1.29, 1.82) is 5.26 Å². The highest BCUT2D eigenvalue weighted by Crippen LogP contribution is 2.34. The number of hydrogen-bond acceptors (Lipinski definition) is 9. The maximum Gasteiger partial charge on any atom is 0.352 e. The van der Waals surface area contributed by atoms with E-state index in [-0.39, 0.29) is 5.82 Å². The molecule has 108 valence electrons. The fourth-order valence-corrected chi connectivity index (χ4v) is 2.01. The summed E-state index contributed by atoms with van der Waals surface area (Å²) < 4.78 is 5.82. The fourth-order valence-electron chi connectivity index (χ4n) is 2.01. The van der Waals surface area contributed by atoms with Crippen LogP contribution in [-0.4, -0.2) is 55.0 Å². The van der Waals surface area contributed by atoms with Gasteiger partial charge in [0.15, 0.2) is 5.82 Å². The lowest BCUT2D eigenvalue weighted by molar-refractivity contribution is -0.109. The lowest BCUT2D eigenvalue weighted by Gasteiger charge is -2.26. The number of nitrogens with one attached hydrogen (secondary N) is 1. The van der Waals surface area contributed by atoms with Gasteiger partial charge in [-0.2, -0.15) is 10.2 Å². The Morgan fingerprint density at radius 2 is 2.30 bits per heavy atom. The van der Waals surface area contributed by atoms with E-state index in [4.69, 9.17) is 15.1 Å². The first kappa shape index (κ1) is 14.4. The predicted molar refractivity (Wildman–Crippen MR) is 61.5 cm³/mol. The second-order valence-corrected chi connectivity index (χ2v) is 4.16. The van der Waals surface area contributed by atoms with Gasteiger partial charge in [0.25, 0.3) is 5.72 Å². The molecule has 2 heterocycles. The summed E-state index contributed by atoms with van der Waals surface area (Å²) >= 11 is 0. The first-order valence-corrected chi connectivity index (χ1v) is 5.56. The van der Waals surface area contributed by atoms with E-state index in [9.17, 15) is 20.3 Å². The van der Waals surface area contributed by atoms with E-state index < -0.39 is 36.3 Å². The van der Waals surface area contributed by atoms with Crippen LogP contribution in [0.5, 0.6) is 0 Å². The zero-order valence-corrected chi connectivity index (χ0v) is 10.0. The van der Waals surface area contributed by atoms with Gasteiger partial charge < -0.3 is 20.1 Å². The van der Waals surface area contributed by atoms with E-state index in [0.29, 0.717) is 4.57 Å². The highest BCUT2D eigenvalue weighted by atomic mass is 16.6. The summed E-state index contributed by atoms with van der Waals surface area (Å²) in [5.41, 5.74) is -1.54. The third-order valence-corrected chi connectivity index (χ3v) is 3.05. The van der Waals surface area contributed by atoms with Gasteiger partial charge in [-0.15, -0.1) is 0 Å². The van der Waals surface area contributed by atoms with Crippen molar-refractivity contribution in [2.75, 3.05) is 12.1 Å². The smallest absolute Gasteiger partial charge is 0.352 e. The number of nitriles is 1. The summed E-state index contributed by atoms with van der Waals surface area (Å²) in [4.78, 5) is 15.2. The lowest BCUT2D eigenvalue weighted by atomic mass is 10.0. The lowest BCUT2D eigenvalue weighted by Crippen LogP contribution is -2.49. The van der Waals surface area contributed by atoms with Crippen LogP contribution in [0.3, 0.4) is 0 Å². The van der Waals surface area contributed by atoms with Crippen LogP contribution >= 0.6 is 0 Å². The molecule has 1 aromatic heterocycles. The zero-order chi connectivity index (χ0) is 14.9. The first-order valence-electron chi connectivity index (χ1n) is 5.56. The van der Waals surface area contributed by atoms with Crippen molar-refractivity contribution in [3.63, 3.8) is 0 Å². The summed E-state index contributed by atoms with van der Waals surface area (Å²) in [7, 11) is 0. The molecular weight excluding hydrogens is 272 g/mol. The van der Waals surface area contributed by atoms with Gasteiger partial charge in [-0.1, -0.05) is 0 Å². The number of aromatic nitrogens is 2. The maximum absolute atomic E-state index is 11.8. The average molecular weight is 284 g/mol. The molecule has 20 heavy (non-hydrogen) atoms. The van der Waals surface area contributed by atoms with Gasteiger partial charge in [-0.3, -0.25) is 15.3 Å². The highest BCUT2D eigenvalue weighted by molar-refractivity contribution is 5.29. The van der Waals surface area contributed by atoms with Crippen LogP contribution < -0.4 is 11.2 Å². The Kier molecular flexibility index (Phi) is 3.71. The van der Waals surface area contributed by atoms with Gasteiger partial charge in [0.05, 0.1) is 6.61 Å². The van der Waals surface area contributed by atoms with Crippen molar-refractivity contribution in [3.05, 3.63) is 22.7 Å². The van der Waals surface area contributed by atoms with Crippen molar-refractivity contribution < 1.29 is 25.3 Å². The van der Waals surface area contributed by atoms with Crippen LogP contribution in [0.1, 0.15) is 0 Å². The molecule has 0 saturated carbocycles. The molecule has 0 unspecified atom stereocenters. The SMILES string of the molecule is N#C[C@@]1(n2ccc(NO)nc2=O)O[C@H](CO)[C@@H](O)[C@H]1O. The molecule has 1 aliphatic heterocycles. The first-order chi connectivity index (χ1) is 9.50. The molecule has 1 fully saturated rings. The molecule has 1 aliphatic rings. The largest absolute Gasteiger partial charge is 0.394 e. The second kappa shape index (κ2) is 5.16. The average Bonchev–Trinajstić information content (AvgIpc) is 2.72. The second-order valence-electron chi connectivity index (χ2n) is 4.16. The molecular formula is C10H12N4O6. The third-order valence-electron chi connectivity index (χ3n) is 3.05. The van der Waals surface area contributed by atoms with Crippen molar-refractivity contribution >= 4 is 5.82 Å². The molecule has 0 aliphatic carbocycles. The molecule has 2 rings (SSSR count). The highest BCUT2D eigenvalue weighted by Gasteiger charge is 2.56. The van der Waals surface area contributed by atoms with Crippen molar-refractivity contribution in [3.8, 4) is 6.07 Å². The number of aliphatic hydroxyl groups is 3. The van der Waals surface area contributed by atoms with E-state index in [0.717, 1.165) is 12.3 Å². The van der Waals surface area contributed by atoms with E-state index >= 15 is 0 Å². The standard InChI is InChI=1S/C10H12N4O6/c11-4-10(8(17)7(16)5(3-15)20-10)14-2-1-6(13-19)12-9(14)18/h1-2,5,7-8,15-17,19H,3H2,(H,12,13,18)/t5-,7-,8-,10-/m1/s1. The van der Waals surface area contributed by atoms with Gasteiger partial charge in [0.1, 0.15) is 24.4 Å². The van der Waals surface area contributed by atoms with E-state index in [1.807, 2.05) is 0 Å². The van der Waals surface area contributed by atoms with Gasteiger partial charge in [0, 0.05) is 6.20 Å². The van der Waals surface area contributed by atoms with Gasteiger partial charge >= 0.3 is 5.69 Å². The minimum Gasteiger partial charge on any atom is -0.394 e. The number of ether oxygens (including phenoxy) is 1. The molecule has 0 radical (unpaired) electrons. The molecule has 0 aromatic carbocycles. The Morgan fingerprint density at radius 3 is 2.75 bits per heavy atom. The Morgan fingerprint density at radius 1 is 1.60 bits per heavy atom. The Bertz CT molecular complexity index is 598. The van der Waals surface area contributed by atoms with Gasteiger partial charge in [-0.25, -0.2) is 4.79 Å². The van der Waals surface area contributed by atoms with Gasteiger partial charge in [0.2, 0.25) is 0 Å². The molecule has 0 spiro atoms. The molecule has 1 saturated heterocycles. The van der Waals surface area contributed by atoms with Crippen molar-refractivity contribution in [1.82, 2.24) is 9.55 Å². The van der Waals surface area contributed by atoms with Crippen molar-refractivity contribution in [2.24, 2.45) is 0 Å². The summed E-state index contributed by atoms with van der Waals surface area (Å²) in [5.74, 6) is -0.161. The molecule has 1 aromatic rings. The van der Waals surface area contributed by atoms with Crippen LogP contribution in [0.15, 0.2) is 17.1 Å². The molecule has 10 heteroatoms. The topological polar surface area (TPSA) is 161 Å². The van der Waals surface area contributed by atoms with Gasteiger partial charge in [-0.05, 0) is 6.07 Å². The Labute approximate surface area is 112 Å². The summed E-state index contributed by atoms with van der Waals surface area (Å²) in [5, 5.41) is 46.6. The number of hydrogen-bond donors (Lipinski definition) is 5. The Balaban J connectivity index is 2.53. The number of aliphatic hydroxyl groups excluding tert-OH is 3. The summed E-state index contributed by atoms with van der Waals surface area (Å²) in [6.45, 7) is -0.639. The third kappa shape index (κ3) is 1.94. The molecule has 10 nitrogen and oxygen atoms in total. The van der Waals surface area contributed by atoms with Crippen LogP contribution in [0.4, 0.5) is 5.82 Å². The fraction of sp³-hybridized carbons (Fsp3) is 0.500. The molecule has 5 N–H and O–H groups in total. The minimum atomic E-state index is -2.20. The normalized spacial score (nSPS) is 32.9. The predicted octanol–water partition coefficient (Wildman–Crippen LogP) is -2.67. The molecule has 0 bridgehead atoms. The van der Waals surface area contributed by atoms with Crippen LogP contribution in [0.25, 0.3) is 0 Å². The monoisotopic (exact) mass is 284 g/mol. The maximum atomic E-state index is 11.8.